The highest BCUT2D eigenvalue weighted by atomic mass is 16.7. The minimum absolute atomic E-state index is 0.249. The molecule has 1 unspecified atom stereocenters. The number of ether oxygens (including phenoxy) is 3. The van der Waals surface area contributed by atoms with Crippen molar-refractivity contribution in [3.05, 3.63) is 53.6 Å². The summed E-state index contributed by atoms with van der Waals surface area (Å²) in [4.78, 5) is 11.5. The molecule has 1 heterocycles. The Morgan fingerprint density at radius 2 is 2.00 bits per heavy atom. The Bertz CT molecular complexity index is 651. The monoisotopic (exact) mass is 284 g/mol. The van der Waals surface area contributed by atoms with Gasteiger partial charge in [0.05, 0.1) is 7.11 Å². The molecule has 0 bridgehead atoms. The molecule has 0 fully saturated rings. The smallest absolute Gasteiger partial charge is 0.231 e. The fraction of sp³-hybridized carbons (Fsp3) is 0.235. The van der Waals surface area contributed by atoms with Gasteiger partial charge in [-0.1, -0.05) is 24.3 Å². The van der Waals surface area contributed by atoms with Crippen molar-refractivity contribution in [2.75, 3.05) is 13.9 Å². The molecule has 1 aliphatic heterocycles. The maximum absolute atomic E-state index is 11.5. The number of hydrogen-bond acceptors (Lipinski definition) is 4. The highest BCUT2D eigenvalue weighted by Crippen LogP contribution is 2.34. The highest BCUT2D eigenvalue weighted by Gasteiger charge is 2.18. The minimum atomic E-state index is -0.249. The third-order valence-corrected chi connectivity index (χ3v) is 3.60. The molecule has 0 saturated heterocycles. The number of aldehydes is 1. The molecule has 0 amide bonds. The van der Waals surface area contributed by atoms with Gasteiger partial charge in [0.15, 0.2) is 11.5 Å². The van der Waals surface area contributed by atoms with Crippen molar-refractivity contribution in [3.63, 3.8) is 0 Å². The minimum Gasteiger partial charge on any atom is -0.496 e. The van der Waals surface area contributed by atoms with Crippen molar-refractivity contribution in [1.82, 2.24) is 0 Å². The van der Waals surface area contributed by atoms with Crippen molar-refractivity contribution in [2.45, 2.75) is 12.3 Å². The summed E-state index contributed by atoms with van der Waals surface area (Å²) >= 11 is 0. The van der Waals surface area contributed by atoms with Crippen LogP contribution in [0.25, 0.3) is 0 Å². The predicted octanol–water partition coefficient (Wildman–Crippen LogP) is 2.95. The molecule has 21 heavy (non-hydrogen) atoms. The van der Waals surface area contributed by atoms with E-state index in [2.05, 4.69) is 0 Å². The summed E-state index contributed by atoms with van der Waals surface area (Å²) in [5.74, 6) is 1.97. The van der Waals surface area contributed by atoms with Crippen molar-refractivity contribution in [1.29, 1.82) is 0 Å². The maximum atomic E-state index is 11.5. The second-order valence-corrected chi connectivity index (χ2v) is 4.88. The third kappa shape index (κ3) is 2.70. The van der Waals surface area contributed by atoms with Gasteiger partial charge in [0.25, 0.3) is 0 Å². The van der Waals surface area contributed by atoms with Gasteiger partial charge in [-0.3, -0.25) is 0 Å². The van der Waals surface area contributed by atoms with Crippen molar-refractivity contribution in [2.24, 2.45) is 0 Å². The van der Waals surface area contributed by atoms with Gasteiger partial charge in [0, 0.05) is 11.5 Å². The number of carbonyl (C=O) groups excluding carboxylic acids is 1. The first-order chi connectivity index (χ1) is 10.3. The van der Waals surface area contributed by atoms with E-state index in [0.29, 0.717) is 6.42 Å². The quantitative estimate of drug-likeness (QED) is 0.792. The van der Waals surface area contributed by atoms with Crippen LogP contribution in [-0.2, 0) is 11.2 Å². The second kappa shape index (κ2) is 5.87. The van der Waals surface area contributed by atoms with E-state index in [1.165, 1.54) is 0 Å². The van der Waals surface area contributed by atoms with Crippen molar-refractivity contribution in [3.8, 4) is 17.2 Å². The van der Waals surface area contributed by atoms with E-state index in [0.717, 1.165) is 34.7 Å². The summed E-state index contributed by atoms with van der Waals surface area (Å²) in [6.07, 6.45) is 1.56. The first-order valence-electron chi connectivity index (χ1n) is 6.78. The van der Waals surface area contributed by atoms with Crippen LogP contribution in [0.1, 0.15) is 17.0 Å². The van der Waals surface area contributed by atoms with Crippen LogP contribution in [0.4, 0.5) is 0 Å². The van der Waals surface area contributed by atoms with Gasteiger partial charge >= 0.3 is 0 Å². The lowest BCUT2D eigenvalue weighted by Gasteiger charge is -2.14. The molecule has 0 N–H and O–H groups in total. The summed E-state index contributed by atoms with van der Waals surface area (Å²) in [7, 11) is 1.61. The molecule has 4 nitrogen and oxygen atoms in total. The van der Waals surface area contributed by atoms with E-state index in [1.807, 2.05) is 42.5 Å². The summed E-state index contributed by atoms with van der Waals surface area (Å²) in [5, 5.41) is 0. The predicted molar refractivity (Wildman–Crippen MR) is 78.1 cm³/mol. The third-order valence-electron chi connectivity index (χ3n) is 3.60. The van der Waals surface area contributed by atoms with Crippen LogP contribution in [0, 0.1) is 0 Å². The van der Waals surface area contributed by atoms with Crippen molar-refractivity contribution < 1.29 is 19.0 Å². The molecule has 2 aromatic rings. The molecule has 1 aliphatic rings. The summed E-state index contributed by atoms with van der Waals surface area (Å²) in [6.45, 7) is 0.252. The van der Waals surface area contributed by atoms with Gasteiger partial charge in [-0.15, -0.1) is 0 Å². The lowest BCUT2D eigenvalue weighted by molar-refractivity contribution is -0.109. The average molecular weight is 284 g/mol. The van der Waals surface area contributed by atoms with Gasteiger partial charge in [0.1, 0.15) is 12.0 Å². The average Bonchev–Trinajstić information content (AvgIpc) is 3.00. The topological polar surface area (TPSA) is 44.8 Å². The van der Waals surface area contributed by atoms with E-state index in [1.54, 1.807) is 7.11 Å². The number of fused-ring (bicyclic) bond motifs is 1. The molecule has 0 radical (unpaired) electrons. The molecule has 108 valence electrons. The van der Waals surface area contributed by atoms with E-state index in [9.17, 15) is 4.79 Å². The SMILES string of the molecule is COc1ccccc1C(C=O)Cc1ccc2c(c1)OCO2. The second-order valence-electron chi connectivity index (χ2n) is 4.88. The molecule has 1 atom stereocenters. The van der Waals surface area contributed by atoms with Gasteiger partial charge in [0.2, 0.25) is 6.79 Å². The van der Waals surface area contributed by atoms with Crippen LogP contribution in [0.2, 0.25) is 0 Å². The van der Waals surface area contributed by atoms with Gasteiger partial charge in [-0.25, -0.2) is 0 Å². The lowest BCUT2D eigenvalue weighted by atomic mass is 9.92. The largest absolute Gasteiger partial charge is 0.496 e. The Hall–Kier alpha value is -2.49. The van der Waals surface area contributed by atoms with Gasteiger partial charge < -0.3 is 19.0 Å². The Balaban J connectivity index is 1.86. The standard InChI is InChI=1S/C17H16O4/c1-19-15-5-3-2-4-14(15)13(10-18)8-12-6-7-16-17(9-12)21-11-20-16/h2-7,9-10,13H,8,11H2,1H3. The van der Waals surface area contributed by atoms with Gasteiger partial charge in [-0.2, -0.15) is 0 Å². The first-order valence-corrected chi connectivity index (χ1v) is 6.78. The van der Waals surface area contributed by atoms with Crippen molar-refractivity contribution >= 4 is 6.29 Å². The molecule has 4 heteroatoms. The maximum Gasteiger partial charge on any atom is 0.231 e. The number of benzene rings is 2. The molecular weight excluding hydrogens is 268 g/mol. The van der Waals surface area contributed by atoms with Crippen LogP contribution in [0.3, 0.4) is 0 Å². The zero-order valence-corrected chi connectivity index (χ0v) is 11.7. The Morgan fingerprint density at radius 3 is 2.81 bits per heavy atom. The van der Waals surface area contributed by atoms with E-state index in [-0.39, 0.29) is 12.7 Å². The Kier molecular flexibility index (Phi) is 3.77. The zero-order valence-electron chi connectivity index (χ0n) is 11.7. The summed E-state index contributed by atoms with van der Waals surface area (Å²) in [6, 6.07) is 13.4. The number of para-hydroxylation sites is 1. The fourth-order valence-corrected chi connectivity index (χ4v) is 2.53. The fourth-order valence-electron chi connectivity index (χ4n) is 2.53. The molecule has 0 saturated carbocycles. The van der Waals surface area contributed by atoms with Crippen LogP contribution in [0.15, 0.2) is 42.5 Å². The van der Waals surface area contributed by atoms with Crippen LogP contribution in [-0.4, -0.2) is 20.2 Å². The van der Waals surface area contributed by atoms with E-state index >= 15 is 0 Å². The normalized spacial score (nSPS) is 13.8. The molecular formula is C17H16O4. The molecule has 3 rings (SSSR count). The zero-order chi connectivity index (χ0) is 14.7. The van der Waals surface area contributed by atoms with E-state index in [4.69, 9.17) is 14.2 Å². The van der Waals surface area contributed by atoms with E-state index < -0.39 is 0 Å². The molecule has 0 spiro atoms. The van der Waals surface area contributed by atoms with Crippen LogP contribution >= 0.6 is 0 Å². The highest BCUT2D eigenvalue weighted by molar-refractivity contribution is 5.65. The Morgan fingerprint density at radius 1 is 1.19 bits per heavy atom. The number of rotatable bonds is 5. The number of methoxy groups -OCH3 is 1. The first kappa shape index (κ1) is 13.5. The number of hydrogen-bond donors (Lipinski definition) is 0. The van der Waals surface area contributed by atoms with Gasteiger partial charge in [-0.05, 0) is 30.2 Å². The Labute approximate surface area is 123 Å². The van der Waals surface area contributed by atoms with Crippen LogP contribution < -0.4 is 14.2 Å². The molecule has 0 aromatic heterocycles. The van der Waals surface area contributed by atoms with Crippen LogP contribution in [0.5, 0.6) is 17.2 Å². The molecule has 0 aliphatic carbocycles. The molecule has 2 aromatic carbocycles. The summed E-state index contributed by atoms with van der Waals surface area (Å²) < 4.78 is 16.0. The number of carbonyl (C=O) groups is 1. The summed E-state index contributed by atoms with van der Waals surface area (Å²) in [5.41, 5.74) is 1.93. The lowest BCUT2D eigenvalue weighted by Crippen LogP contribution is -2.06.